The zero-order valence-electron chi connectivity index (χ0n) is 21.8. The minimum absolute atomic E-state index is 0.00883. The Hall–Kier alpha value is -4.11. The van der Waals surface area contributed by atoms with Gasteiger partial charge in [0, 0.05) is 48.5 Å². The van der Waals surface area contributed by atoms with E-state index in [1.807, 2.05) is 65.6 Å². The number of hydrogen-bond acceptors (Lipinski definition) is 5. The number of carbonyl (C=O) groups is 2. The van der Waals surface area contributed by atoms with E-state index in [1.165, 1.54) is 0 Å². The molecule has 2 heterocycles. The third-order valence-corrected chi connectivity index (χ3v) is 7.30. The van der Waals surface area contributed by atoms with E-state index in [2.05, 4.69) is 15.5 Å². The maximum Gasteiger partial charge on any atom is 0.293 e. The van der Waals surface area contributed by atoms with Crippen LogP contribution in [0.25, 0.3) is 17.4 Å². The van der Waals surface area contributed by atoms with Gasteiger partial charge in [-0.1, -0.05) is 53.5 Å². The van der Waals surface area contributed by atoms with Gasteiger partial charge in [0.25, 0.3) is 5.91 Å². The van der Waals surface area contributed by atoms with Gasteiger partial charge in [-0.2, -0.15) is 0 Å². The first kappa shape index (κ1) is 28.4. The molecule has 0 atom stereocenters. The highest BCUT2D eigenvalue weighted by Crippen LogP contribution is 2.30. The van der Waals surface area contributed by atoms with Crippen LogP contribution in [0.5, 0.6) is 0 Å². The summed E-state index contributed by atoms with van der Waals surface area (Å²) < 4.78 is 5.68. The summed E-state index contributed by atoms with van der Waals surface area (Å²) >= 11 is 17.9. The quantitative estimate of drug-likeness (QED) is 0.187. The van der Waals surface area contributed by atoms with Gasteiger partial charge < -0.3 is 19.5 Å². The zero-order valence-corrected chi connectivity index (χ0v) is 24.2. The predicted molar refractivity (Wildman–Crippen MR) is 169 cm³/mol. The fourth-order valence-corrected chi connectivity index (χ4v) is 5.04. The molecule has 0 radical (unpaired) electrons. The number of thiocarbonyl (C=S) groups is 1. The number of nitrogens with zero attached hydrogens (tertiary/aromatic N) is 2. The highest BCUT2D eigenvalue weighted by atomic mass is 35.5. The van der Waals surface area contributed by atoms with Gasteiger partial charge in [0.1, 0.15) is 5.76 Å². The van der Waals surface area contributed by atoms with Gasteiger partial charge in [0.15, 0.2) is 10.9 Å². The molecule has 1 aliphatic rings. The van der Waals surface area contributed by atoms with Crippen LogP contribution in [0.2, 0.25) is 10.0 Å². The van der Waals surface area contributed by atoms with Crippen molar-refractivity contribution in [3.8, 4) is 11.3 Å². The third kappa shape index (κ3) is 7.35. The Bertz CT molecular complexity index is 1580. The summed E-state index contributed by atoms with van der Waals surface area (Å²) in [6, 6.07) is 25.7. The van der Waals surface area contributed by atoms with Crippen molar-refractivity contribution in [1.29, 1.82) is 0 Å². The minimum atomic E-state index is -0.475. The lowest BCUT2D eigenvalue weighted by Crippen LogP contribution is -2.48. The SMILES string of the molecule is O=C(NC(=S)Nc1ccc(N2CCN(C(=O)/C=C/c3ccccc3)CC2)c(Cl)c1)c1ccc(-c2ccc(Cl)cc2)o1. The molecule has 208 valence electrons. The van der Waals surface area contributed by atoms with Crippen molar-refractivity contribution < 1.29 is 14.0 Å². The first-order valence-corrected chi connectivity index (χ1v) is 14.1. The van der Waals surface area contributed by atoms with Gasteiger partial charge in [-0.15, -0.1) is 0 Å². The maximum absolute atomic E-state index is 12.6. The second-order valence-corrected chi connectivity index (χ2v) is 10.6. The Morgan fingerprint density at radius 1 is 0.878 bits per heavy atom. The Kier molecular flexibility index (Phi) is 9.04. The van der Waals surface area contributed by atoms with Gasteiger partial charge in [0.2, 0.25) is 5.91 Å². The minimum Gasteiger partial charge on any atom is -0.451 e. The Balaban J connectivity index is 1.12. The van der Waals surface area contributed by atoms with E-state index in [9.17, 15) is 9.59 Å². The van der Waals surface area contributed by atoms with Crippen molar-refractivity contribution in [3.05, 3.63) is 112 Å². The van der Waals surface area contributed by atoms with Gasteiger partial charge in [-0.3, -0.25) is 14.9 Å². The molecule has 1 aliphatic heterocycles. The van der Waals surface area contributed by atoms with Gasteiger partial charge in [-0.05, 0) is 78.5 Å². The van der Waals surface area contributed by atoms with Crippen LogP contribution in [0.1, 0.15) is 16.1 Å². The molecule has 5 rings (SSSR count). The molecule has 2 amide bonds. The first-order valence-electron chi connectivity index (χ1n) is 12.9. The normalized spacial score (nSPS) is 13.3. The second kappa shape index (κ2) is 13.0. The van der Waals surface area contributed by atoms with E-state index in [0.29, 0.717) is 47.7 Å². The van der Waals surface area contributed by atoms with Crippen LogP contribution in [0.15, 0.2) is 95.4 Å². The molecule has 4 aromatic rings. The molecule has 1 aromatic heterocycles. The highest BCUT2D eigenvalue weighted by molar-refractivity contribution is 7.80. The molecule has 0 unspecified atom stereocenters. The number of furan rings is 1. The van der Waals surface area contributed by atoms with E-state index < -0.39 is 5.91 Å². The summed E-state index contributed by atoms with van der Waals surface area (Å²) in [7, 11) is 0. The number of hydrogen-bond donors (Lipinski definition) is 2. The number of halogens is 2. The second-order valence-electron chi connectivity index (χ2n) is 9.30. The van der Waals surface area contributed by atoms with Crippen molar-refractivity contribution in [3.63, 3.8) is 0 Å². The highest BCUT2D eigenvalue weighted by Gasteiger charge is 2.21. The predicted octanol–water partition coefficient (Wildman–Crippen LogP) is 6.74. The molecule has 0 saturated carbocycles. The number of piperazine rings is 1. The monoisotopic (exact) mass is 604 g/mol. The van der Waals surface area contributed by atoms with Gasteiger partial charge in [-0.25, -0.2) is 0 Å². The Morgan fingerprint density at radius 2 is 1.61 bits per heavy atom. The Morgan fingerprint density at radius 3 is 2.32 bits per heavy atom. The molecule has 3 aromatic carbocycles. The van der Waals surface area contributed by atoms with Crippen LogP contribution >= 0.6 is 35.4 Å². The molecular formula is C31H26Cl2N4O3S. The topological polar surface area (TPSA) is 77.8 Å². The summed E-state index contributed by atoms with van der Waals surface area (Å²) in [4.78, 5) is 29.2. The molecule has 0 aliphatic carbocycles. The molecule has 0 spiro atoms. The number of rotatable bonds is 6. The van der Waals surface area contributed by atoms with Crippen molar-refractivity contribution in [2.75, 3.05) is 36.4 Å². The van der Waals surface area contributed by atoms with Gasteiger partial charge in [0.05, 0.1) is 10.7 Å². The number of amides is 2. The summed E-state index contributed by atoms with van der Waals surface area (Å²) in [5.41, 5.74) is 3.29. The lowest BCUT2D eigenvalue weighted by molar-refractivity contribution is -0.126. The molecule has 7 nitrogen and oxygen atoms in total. The summed E-state index contributed by atoms with van der Waals surface area (Å²) in [6.45, 7) is 2.51. The third-order valence-electron chi connectivity index (χ3n) is 6.54. The van der Waals surface area contributed by atoms with Crippen molar-refractivity contribution in [2.24, 2.45) is 0 Å². The van der Waals surface area contributed by atoms with Crippen LogP contribution < -0.4 is 15.5 Å². The number of benzene rings is 3. The summed E-state index contributed by atoms with van der Waals surface area (Å²) in [5.74, 6) is 0.185. The molecular weight excluding hydrogens is 579 g/mol. The maximum atomic E-state index is 12.6. The molecule has 1 fully saturated rings. The van der Waals surface area contributed by atoms with Gasteiger partial charge >= 0.3 is 0 Å². The van der Waals surface area contributed by atoms with Crippen LogP contribution in [-0.4, -0.2) is 48.0 Å². The lowest BCUT2D eigenvalue weighted by atomic mass is 10.2. The van der Waals surface area contributed by atoms with E-state index in [4.69, 9.17) is 39.8 Å². The smallest absolute Gasteiger partial charge is 0.293 e. The molecule has 41 heavy (non-hydrogen) atoms. The van der Waals surface area contributed by atoms with E-state index in [-0.39, 0.29) is 16.8 Å². The fraction of sp³-hybridized carbons (Fsp3) is 0.129. The van der Waals surface area contributed by atoms with E-state index in [0.717, 1.165) is 16.8 Å². The van der Waals surface area contributed by atoms with Crippen LogP contribution in [-0.2, 0) is 4.79 Å². The first-order chi connectivity index (χ1) is 19.9. The standard InChI is InChI=1S/C31H26Cl2N4O3S/c32-23-9-7-22(8-10-23)27-13-14-28(40-27)30(39)35-31(41)34-24-11-12-26(25(33)20-24)36-16-18-37(19-17-36)29(38)15-6-21-4-2-1-3-5-21/h1-15,20H,16-19H2,(H2,34,35,39,41)/b15-6+. The van der Waals surface area contributed by atoms with Crippen molar-refractivity contribution in [2.45, 2.75) is 0 Å². The number of carbonyl (C=O) groups excluding carboxylic acids is 2. The number of nitrogens with one attached hydrogen (secondary N) is 2. The van der Waals surface area contributed by atoms with Crippen LogP contribution in [0.4, 0.5) is 11.4 Å². The summed E-state index contributed by atoms with van der Waals surface area (Å²) in [5, 5.41) is 6.87. The van der Waals surface area contributed by atoms with Crippen molar-refractivity contribution in [1.82, 2.24) is 10.2 Å². The summed E-state index contributed by atoms with van der Waals surface area (Å²) in [6.07, 6.45) is 3.45. The molecule has 1 saturated heterocycles. The average molecular weight is 606 g/mol. The average Bonchev–Trinajstić information content (AvgIpc) is 3.48. The molecule has 2 N–H and O–H groups in total. The van der Waals surface area contributed by atoms with E-state index in [1.54, 1.807) is 36.4 Å². The number of anilines is 2. The van der Waals surface area contributed by atoms with E-state index >= 15 is 0 Å². The molecule has 0 bridgehead atoms. The zero-order chi connectivity index (χ0) is 28.8. The fourth-order valence-electron chi connectivity index (χ4n) is 4.40. The molecule has 10 heteroatoms. The largest absolute Gasteiger partial charge is 0.451 e. The van der Waals surface area contributed by atoms with Crippen LogP contribution in [0, 0.1) is 0 Å². The van der Waals surface area contributed by atoms with Crippen molar-refractivity contribution >= 4 is 69.8 Å². The Labute approximate surface area is 253 Å². The van der Waals surface area contributed by atoms with Crippen LogP contribution in [0.3, 0.4) is 0 Å². The lowest BCUT2D eigenvalue weighted by Gasteiger charge is -2.36.